The minimum Gasteiger partial charge on any atom is -0.495 e. The second-order valence-electron chi connectivity index (χ2n) is 6.09. The summed E-state index contributed by atoms with van der Waals surface area (Å²) in [6, 6.07) is 10.9. The number of pyridine rings is 1. The predicted octanol–water partition coefficient (Wildman–Crippen LogP) is 2.32. The average molecular weight is 339 g/mol. The van der Waals surface area contributed by atoms with Crippen LogP contribution in [0.2, 0.25) is 0 Å². The van der Waals surface area contributed by atoms with Crippen molar-refractivity contribution in [1.29, 1.82) is 0 Å². The number of ether oxygens (including phenoxy) is 1. The third-order valence-electron chi connectivity index (χ3n) is 4.44. The van der Waals surface area contributed by atoms with Gasteiger partial charge >= 0.3 is 0 Å². The van der Waals surface area contributed by atoms with Crippen molar-refractivity contribution in [2.75, 3.05) is 18.6 Å². The Labute approximate surface area is 146 Å². The highest BCUT2D eigenvalue weighted by atomic mass is 16.5. The molecule has 1 N–H and O–H groups in total. The van der Waals surface area contributed by atoms with Gasteiger partial charge in [-0.1, -0.05) is 12.1 Å². The van der Waals surface area contributed by atoms with Gasteiger partial charge in [-0.2, -0.15) is 0 Å². The summed E-state index contributed by atoms with van der Waals surface area (Å²) in [6.45, 7) is 2.27. The predicted molar refractivity (Wildman–Crippen MR) is 94.2 cm³/mol. The molecule has 2 heterocycles. The smallest absolute Gasteiger partial charge is 0.227 e. The fourth-order valence-electron chi connectivity index (χ4n) is 3.04. The molecule has 0 aliphatic carbocycles. The molecule has 0 radical (unpaired) electrons. The molecule has 3 rings (SSSR count). The standard InChI is InChI=1S/C19H21N3O3/c1-13(14-7-9-20-10-8-14)21-19(24)15-11-18(23)22(12-15)16-5-3-4-6-17(16)25-2/h3-10,13,15H,11-12H2,1-2H3,(H,21,24). The van der Waals surface area contributed by atoms with Crippen LogP contribution in [0, 0.1) is 5.92 Å². The molecule has 6 nitrogen and oxygen atoms in total. The van der Waals surface area contributed by atoms with Crippen molar-refractivity contribution in [3.63, 3.8) is 0 Å². The van der Waals surface area contributed by atoms with Crippen LogP contribution in [0.25, 0.3) is 0 Å². The van der Waals surface area contributed by atoms with Gasteiger partial charge in [-0.05, 0) is 36.8 Å². The Bertz CT molecular complexity index is 764. The van der Waals surface area contributed by atoms with E-state index in [0.717, 1.165) is 5.56 Å². The largest absolute Gasteiger partial charge is 0.495 e. The van der Waals surface area contributed by atoms with Crippen molar-refractivity contribution >= 4 is 17.5 Å². The Balaban J connectivity index is 1.69. The molecule has 2 aromatic rings. The molecule has 0 bridgehead atoms. The molecular formula is C19H21N3O3. The second-order valence-corrected chi connectivity index (χ2v) is 6.09. The average Bonchev–Trinajstić information content (AvgIpc) is 3.04. The highest BCUT2D eigenvalue weighted by Gasteiger charge is 2.36. The van der Waals surface area contributed by atoms with Gasteiger partial charge in [0.05, 0.1) is 24.8 Å². The first-order chi connectivity index (χ1) is 12.1. The zero-order valence-electron chi connectivity index (χ0n) is 14.3. The fraction of sp³-hybridized carbons (Fsp3) is 0.316. The number of para-hydroxylation sites is 2. The van der Waals surface area contributed by atoms with E-state index in [1.165, 1.54) is 0 Å². The number of hydrogen-bond donors (Lipinski definition) is 1. The molecule has 2 unspecified atom stereocenters. The lowest BCUT2D eigenvalue weighted by Crippen LogP contribution is -2.34. The van der Waals surface area contributed by atoms with Crippen molar-refractivity contribution in [1.82, 2.24) is 10.3 Å². The molecule has 2 amide bonds. The number of nitrogens with zero attached hydrogens (tertiary/aromatic N) is 2. The van der Waals surface area contributed by atoms with Crippen LogP contribution in [0.5, 0.6) is 5.75 Å². The van der Waals surface area contributed by atoms with Crippen LogP contribution in [0.4, 0.5) is 5.69 Å². The quantitative estimate of drug-likeness (QED) is 0.907. The molecule has 130 valence electrons. The second kappa shape index (κ2) is 7.34. The van der Waals surface area contributed by atoms with Crippen LogP contribution >= 0.6 is 0 Å². The maximum Gasteiger partial charge on any atom is 0.227 e. The number of hydrogen-bond acceptors (Lipinski definition) is 4. The Morgan fingerprint density at radius 3 is 2.72 bits per heavy atom. The Morgan fingerprint density at radius 1 is 1.28 bits per heavy atom. The van der Waals surface area contributed by atoms with Crippen molar-refractivity contribution in [2.45, 2.75) is 19.4 Å². The normalized spacial score (nSPS) is 18.1. The number of aromatic nitrogens is 1. The maximum atomic E-state index is 12.6. The van der Waals surface area contributed by atoms with Crippen LogP contribution in [0.15, 0.2) is 48.8 Å². The third kappa shape index (κ3) is 3.63. The van der Waals surface area contributed by atoms with Gasteiger partial charge in [0.15, 0.2) is 0 Å². The van der Waals surface area contributed by atoms with Crippen molar-refractivity contribution in [3.05, 3.63) is 54.4 Å². The van der Waals surface area contributed by atoms with E-state index in [4.69, 9.17) is 4.74 Å². The lowest BCUT2D eigenvalue weighted by molar-refractivity contribution is -0.126. The summed E-state index contributed by atoms with van der Waals surface area (Å²) < 4.78 is 5.32. The van der Waals surface area contributed by atoms with Gasteiger partial charge in [-0.15, -0.1) is 0 Å². The SMILES string of the molecule is COc1ccccc1N1CC(C(=O)NC(C)c2ccncc2)CC1=O. The Hall–Kier alpha value is -2.89. The van der Waals surface area contributed by atoms with Gasteiger partial charge in [0.1, 0.15) is 5.75 Å². The summed E-state index contributed by atoms with van der Waals surface area (Å²) in [5, 5.41) is 2.98. The number of carbonyl (C=O) groups is 2. The van der Waals surface area contributed by atoms with E-state index < -0.39 is 0 Å². The number of anilines is 1. The van der Waals surface area contributed by atoms with Crippen LogP contribution < -0.4 is 15.0 Å². The molecule has 1 aromatic carbocycles. The first-order valence-corrected chi connectivity index (χ1v) is 8.24. The molecule has 0 spiro atoms. The number of methoxy groups -OCH3 is 1. The maximum absolute atomic E-state index is 12.6. The highest BCUT2D eigenvalue weighted by Crippen LogP contribution is 2.33. The molecule has 1 aliphatic rings. The molecule has 2 atom stereocenters. The first kappa shape index (κ1) is 17.0. The zero-order valence-corrected chi connectivity index (χ0v) is 14.3. The minimum absolute atomic E-state index is 0.0683. The van der Waals surface area contributed by atoms with Crippen molar-refractivity contribution in [2.24, 2.45) is 5.92 Å². The Morgan fingerprint density at radius 2 is 2.00 bits per heavy atom. The van der Waals surface area contributed by atoms with Gasteiger partial charge < -0.3 is 15.0 Å². The molecule has 6 heteroatoms. The topological polar surface area (TPSA) is 71.5 Å². The lowest BCUT2D eigenvalue weighted by atomic mass is 10.1. The fourth-order valence-corrected chi connectivity index (χ4v) is 3.04. The first-order valence-electron chi connectivity index (χ1n) is 8.24. The highest BCUT2D eigenvalue weighted by molar-refractivity contribution is 6.01. The van der Waals surface area contributed by atoms with Gasteiger partial charge in [0, 0.05) is 25.4 Å². The van der Waals surface area contributed by atoms with Crippen LogP contribution in [-0.2, 0) is 9.59 Å². The van der Waals surface area contributed by atoms with E-state index in [2.05, 4.69) is 10.3 Å². The van der Waals surface area contributed by atoms with Crippen LogP contribution in [0.3, 0.4) is 0 Å². The minimum atomic E-state index is -0.373. The summed E-state index contributed by atoms with van der Waals surface area (Å²) in [4.78, 5) is 30.6. The van der Waals surface area contributed by atoms with E-state index in [-0.39, 0.29) is 30.2 Å². The summed E-state index contributed by atoms with van der Waals surface area (Å²) in [5.74, 6) is 0.0695. The number of amides is 2. The molecule has 1 aliphatic heterocycles. The summed E-state index contributed by atoms with van der Waals surface area (Å²) in [7, 11) is 1.57. The monoisotopic (exact) mass is 339 g/mol. The van der Waals surface area contributed by atoms with Crippen molar-refractivity contribution in [3.8, 4) is 5.75 Å². The van der Waals surface area contributed by atoms with E-state index in [1.54, 1.807) is 24.4 Å². The Kier molecular flexibility index (Phi) is 4.97. The summed E-state index contributed by atoms with van der Waals surface area (Å²) in [6.07, 6.45) is 3.59. The van der Waals surface area contributed by atoms with Gasteiger partial charge in [-0.25, -0.2) is 0 Å². The number of nitrogens with one attached hydrogen (secondary N) is 1. The van der Waals surface area contributed by atoms with Gasteiger partial charge in [0.25, 0.3) is 0 Å². The zero-order chi connectivity index (χ0) is 17.8. The third-order valence-corrected chi connectivity index (χ3v) is 4.44. The van der Waals surface area contributed by atoms with E-state index in [0.29, 0.717) is 18.0 Å². The van der Waals surface area contributed by atoms with Gasteiger partial charge in [0.2, 0.25) is 11.8 Å². The molecule has 1 fully saturated rings. The number of carbonyl (C=O) groups excluding carboxylic acids is 2. The molecule has 25 heavy (non-hydrogen) atoms. The molecule has 1 saturated heterocycles. The van der Waals surface area contributed by atoms with Gasteiger partial charge in [-0.3, -0.25) is 14.6 Å². The molecular weight excluding hydrogens is 318 g/mol. The van der Waals surface area contributed by atoms with E-state index in [9.17, 15) is 9.59 Å². The number of benzene rings is 1. The molecule has 0 saturated carbocycles. The van der Waals surface area contributed by atoms with E-state index >= 15 is 0 Å². The summed E-state index contributed by atoms with van der Waals surface area (Å²) >= 11 is 0. The van der Waals surface area contributed by atoms with E-state index in [1.807, 2.05) is 43.3 Å². The summed E-state index contributed by atoms with van der Waals surface area (Å²) in [5.41, 5.74) is 1.68. The van der Waals surface area contributed by atoms with Crippen LogP contribution in [-0.4, -0.2) is 30.5 Å². The van der Waals surface area contributed by atoms with Crippen molar-refractivity contribution < 1.29 is 14.3 Å². The number of rotatable bonds is 5. The lowest BCUT2D eigenvalue weighted by Gasteiger charge is -2.20. The molecule has 1 aromatic heterocycles. The van der Waals surface area contributed by atoms with Crippen LogP contribution in [0.1, 0.15) is 24.9 Å².